The molecule has 2 aromatic carbocycles. The van der Waals surface area contributed by atoms with Gasteiger partial charge in [-0.3, -0.25) is 0 Å². The molecule has 2 rings (SSSR count). The van der Waals surface area contributed by atoms with Gasteiger partial charge in [-0.05, 0) is 43.2 Å². The maximum atomic E-state index is 13.6. The van der Waals surface area contributed by atoms with E-state index in [1.165, 1.54) is 6.07 Å². The van der Waals surface area contributed by atoms with E-state index in [2.05, 4.69) is 21.2 Å². The first-order chi connectivity index (χ1) is 9.88. The van der Waals surface area contributed by atoms with Crippen LogP contribution in [-0.4, -0.2) is 11.7 Å². The molecule has 2 nitrogen and oxygen atoms in total. The van der Waals surface area contributed by atoms with E-state index in [1.54, 1.807) is 0 Å². The molecule has 0 spiro atoms. The minimum Gasteiger partial charge on any atom is -0.386 e. The van der Waals surface area contributed by atoms with Gasteiger partial charge in [0.15, 0.2) is 0 Å². The fraction of sp³-hybridized carbons (Fsp3) is 0.250. The molecule has 1 atom stereocenters. The Morgan fingerprint density at radius 2 is 1.76 bits per heavy atom. The van der Waals surface area contributed by atoms with Gasteiger partial charge in [-0.15, -0.1) is 0 Å². The van der Waals surface area contributed by atoms with Crippen LogP contribution in [0.4, 0.5) is 14.5 Å². The van der Waals surface area contributed by atoms with Crippen molar-refractivity contribution < 1.29 is 13.9 Å². The molecule has 0 aromatic heterocycles. The third-order valence-corrected chi connectivity index (χ3v) is 3.75. The molecule has 5 heteroatoms. The van der Waals surface area contributed by atoms with Gasteiger partial charge in [0.2, 0.25) is 0 Å². The number of hydrogen-bond donors (Lipinski definition) is 2. The van der Waals surface area contributed by atoms with E-state index in [-0.39, 0.29) is 12.1 Å². The highest BCUT2D eigenvalue weighted by molar-refractivity contribution is 9.10. The molecule has 0 amide bonds. The lowest BCUT2D eigenvalue weighted by Gasteiger charge is -2.17. The molecule has 0 aliphatic heterocycles. The average Bonchev–Trinajstić information content (AvgIpc) is 2.36. The van der Waals surface area contributed by atoms with Crippen molar-refractivity contribution in [2.24, 2.45) is 0 Å². The largest absolute Gasteiger partial charge is 0.386 e. The first kappa shape index (κ1) is 15.9. The predicted octanol–water partition coefficient (Wildman–Crippen LogP) is 4.49. The maximum Gasteiger partial charge on any atom is 0.131 e. The Bertz CT molecular complexity index is 638. The first-order valence-electron chi connectivity index (χ1n) is 6.52. The van der Waals surface area contributed by atoms with Crippen molar-refractivity contribution in [1.29, 1.82) is 0 Å². The Morgan fingerprint density at radius 1 is 1.14 bits per heavy atom. The third kappa shape index (κ3) is 3.80. The van der Waals surface area contributed by atoms with E-state index in [1.807, 2.05) is 26.0 Å². The van der Waals surface area contributed by atoms with Crippen LogP contribution in [0, 0.1) is 25.5 Å². The van der Waals surface area contributed by atoms with Gasteiger partial charge in [0.1, 0.15) is 11.6 Å². The van der Waals surface area contributed by atoms with Crippen molar-refractivity contribution in [3.05, 3.63) is 63.1 Å². The summed E-state index contributed by atoms with van der Waals surface area (Å²) in [6, 6.07) is 7.09. The summed E-state index contributed by atoms with van der Waals surface area (Å²) in [5.41, 5.74) is 3.03. The molecule has 0 fully saturated rings. The highest BCUT2D eigenvalue weighted by atomic mass is 79.9. The fourth-order valence-corrected chi connectivity index (χ4v) is 2.96. The second kappa shape index (κ2) is 6.54. The molecule has 0 radical (unpaired) electrons. The molecular weight excluding hydrogens is 340 g/mol. The van der Waals surface area contributed by atoms with Crippen molar-refractivity contribution in [3.63, 3.8) is 0 Å². The number of nitrogens with one attached hydrogen (secondary N) is 1. The zero-order chi connectivity index (χ0) is 15.6. The van der Waals surface area contributed by atoms with Gasteiger partial charge in [-0.25, -0.2) is 8.78 Å². The summed E-state index contributed by atoms with van der Waals surface area (Å²) >= 11 is 3.42. The highest BCUT2D eigenvalue weighted by Gasteiger charge is 2.14. The van der Waals surface area contributed by atoms with Gasteiger partial charge in [-0.2, -0.15) is 0 Å². The van der Waals surface area contributed by atoms with Crippen LogP contribution in [0.3, 0.4) is 0 Å². The third-order valence-electron chi connectivity index (χ3n) is 3.29. The number of hydrogen-bond acceptors (Lipinski definition) is 2. The quantitative estimate of drug-likeness (QED) is 0.846. The van der Waals surface area contributed by atoms with Crippen molar-refractivity contribution in [1.82, 2.24) is 0 Å². The lowest BCUT2D eigenvalue weighted by Crippen LogP contribution is -2.15. The van der Waals surface area contributed by atoms with E-state index in [0.717, 1.165) is 33.4 Å². The Morgan fingerprint density at radius 3 is 2.33 bits per heavy atom. The minimum atomic E-state index is -1.05. The van der Waals surface area contributed by atoms with Gasteiger partial charge in [0, 0.05) is 28.3 Å². The predicted molar refractivity (Wildman–Crippen MR) is 83.4 cm³/mol. The number of halogens is 3. The number of aryl methyl sites for hydroxylation is 2. The molecule has 0 bridgehead atoms. The summed E-state index contributed by atoms with van der Waals surface area (Å²) in [4.78, 5) is 0. The first-order valence-corrected chi connectivity index (χ1v) is 7.31. The normalized spacial score (nSPS) is 12.3. The summed E-state index contributed by atoms with van der Waals surface area (Å²) in [6.45, 7) is 4.04. The Labute approximate surface area is 130 Å². The smallest absolute Gasteiger partial charge is 0.131 e. The molecule has 1 unspecified atom stereocenters. The number of anilines is 1. The maximum absolute atomic E-state index is 13.6. The van der Waals surface area contributed by atoms with Gasteiger partial charge in [0.05, 0.1) is 6.10 Å². The molecular formula is C16H16BrF2NO. The molecule has 0 heterocycles. The lowest BCUT2D eigenvalue weighted by atomic mass is 10.1. The van der Waals surface area contributed by atoms with Crippen LogP contribution in [0.1, 0.15) is 22.8 Å². The highest BCUT2D eigenvalue weighted by Crippen LogP contribution is 2.26. The van der Waals surface area contributed by atoms with Crippen molar-refractivity contribution in [2.75, 3.05) is 11.9 Å². The van der Waals surface area contributed by atoms with E-state index in [9.17, 15) is 13.9 Å². The van der Waals surface area contributed by atoms with E-state index in [0.29, 0.717) is 0 Å². The fourth-order valence-electron chi connectivity index (χ4n) is 2.27. The van der Waals surface area contributed by atoms with Gasteiger partial charge >= 0.3 is 0 Å². The average molecular weight is 356 g/mol. The van der Waals surface area contributed by atoms with Gasteiger partial charge < -0.3 is 10.4 Å². The summed E-state index contributed by atoms with van der Waals surface area (Å²) in [5, 5.41) is 13.2. The van der Waals surface area contributed by atoms with Crippen molar-refractivity contribution >= 4 is 21.6 Å². The second-order valence-electron chi connectivity index (χ2n) is 4.98. The molecule has 2 aromatic rings. The van der Waals surface area contributed by atoms with Crippen molar-refractivity contribution in [2.45, 2.75) is 20.0 Å². The topological polar surface area (TPSA) is 32.3 Å². The molecule has 0 saturated carbocycles. The van der Waals surface area contributed by atoms with Crippen LogP contribution >= 0.6 is 15.9 Å². The van der Waals surface area contributed by atoms with Gasteiger partial charge in [0.25, 0.3) is 0 Å². The number of benzene rings is 2. The molecule has 0 aliphatic carbocycles. The summed E-state index contributed by atoms with van der Waals surface area (Å²) in [5.74, 6) is -1.40. The SMILES string of the molecule is Cc1cc(Br)cc(C)c1NCC(O)c1ccc(F)cc1F. The van der Waals surface area contributed by atoms with E-state index < -0.39 is 17.7 Å². The molecule has 112 valence electrons. The Kier molecular flexibility index (Phi) is 4.96. The second-order valence-corrected chi connectivity index (χ2v) is 5.89. The molecule has 21 heavy (non-hydrogen) atoms. The van der Waals surface area contributed by atoms with Crippen LogP contribution in [0.25, 0.3) is 0 Å². The van der Waals surface area contributed by atoms with Crippen LogP contribution in [0.5, 0.6) is 0 Å². The van der Waals surface area contributed by atoms with Crippen LogP contribution in [-0.2, 0) is 0 Å². The minimum absolute atomic E-state index is 0.0799. The summed E-state index contributed by atoms with van der Waals surface area (Å²) in [7, 11) is 0. The Hall–Kier alpha value is -1.46. The monoisotopic (exact) mass is 355 g/mol. The van der Waals surface area contributed by atoms with Crippen molar-refractivity contribution in [3.8, 4) is 0 Å². The standard InChI is InChI=1S/C16H16BrF2NO/c1-9-5-11(17)6-10(2)16(9)20-8-15(21)13-4-3-12(18)7-14(13)19/h3-7,15,20-21H,8H2,1-2H3. The number of rotatable bonds is 4. The summed E-state index contributed by atoms with van der Waals surface area (Å²) in [6.07, 6.45) is -1.05. The lowest BCUT2D eigenvalue weighted by molar-refractivity contribution is 0.186. The molecule has 0 aliphatic rings. The molecule has 2 N–H and O–H groups in total. The van der Waals surface area contributed by atoms with Gasteiger partial charge in [-0.1, -0.05) is 22.0 Å². The Balaban J connectivity index is 2.13. The molecule has 0 saturated heterocycles. The zero-order valence-electron chi connectivity index (χ0n) is 11.8. The van der Waals surface area contributed by atoms with Crippen LogP contribution in [0.2, 0.25) is 0 Å². The summed E-state index contributed by atoms with van der Waals surface area (Å²) < 4.78 is 27.4. The zero-order valence-corrected chi connectivity index (χ0v) is 13.3. The van der Waals surface area contributed by atoms with Crippen LogP contribution < -0.4 is 5.32 Å². The van der Waals surface area contributed by atoms with E-state index in [4.69, 9.17) is 0 Å². The van der Waals surface area contributed by atoms with E-state index >= 15 is 0 Å². The number of aliphatic hydroxyl groups excluding tert-OH is 1. The number of aliphatic hydroxyl groups is 1. The van der Waals surface area contributed by atoms with Crippen LogP contribution in [0.15, 0.2) is 34.8 Å².